The van der Waals surface area contributed by atoms with Gasteiger partial charge in [-0.25, -0.2) is 9.29 Å². The predicted octanol–water partition coefficient (Wildman–Crippen LogP) is 4.19. The molecule has 8 heteroatoms. The molecule has 6 nitrogen and oxygen atoms in total. The number of carbonyl (C=O) groups is 3. The van der Waals surface area contributed by atoms with E-state index in [4.69, 9.17) is 11.6 Å². The topological polar surface area (TPSA) is 78.5 Å². The molecule has 3 aromatic rings. The van der Waals surface area contributed by atoms with Crippen LogP contribution in [0, 0.1) is 5.82 Å². The van der Waals surface area contributed by atoms with Crippen LogP contribution in [-0.4, -0.2) is 17.7 Å². The van der Waals surface area contributed by atoms with Crippen LogP contribution in [0.5, 0.6) is 0 Å². The molecule has 1 heterocycles. The largest absolute Gasteiger partial charge is 0.350 e. The first kappa shape index (κ1) is 21.3. The molecule has 0 bridgehead atoms. The molecule has 160 valence electrons. The van der Waals surface area contributed by atoms with Crippen LogP contribution in [0.25, 0.3) is 0 Å². The average molecular weight is 450 g/mol. The van der Waals surface area contributed by atoms with Crippen molar-refractivity contribution < 1.29 is 18.8 Å². The lowest BCUT2D eigenvalue weighted by Gasteiger charge is -2.15. The van der Waals surface area contributed by atoms with Gasteiger partial charge in [-0.2, -0.15) is 0 Å². The summed E-state index contributed by atoms with van der Waals surface area (Å²) in [4.78, 5) is 38.4. The predicted molar refractivity (Wildman–Crippen MR) is 119 cm³/mol. The Bertz CT molecular complexity index is 1210. The molecule has 2 N–H and O–H groups in total. The van der Waals surface area contributed by atoms with Gasteiger partial charge >= 0.3 is 0 Å². The van der Waals surface area contributed by atoms with Crippen LogP contribution < -0.4 is 15.5 Å². The SMILES string of the molecule is O=C(NCc1ccccc1)c1ccc(NC2=C(Cl)C(=O)N(c3ccc(F)cc3)C2=O)cc1. The van der Waals surface area contributed by atoms with Gasteiger partial charge < -0.3 is 10.6 Å². The third-order valence-electron chi connectivity index (χ3n) is 4.82. The van der Waals surface area contributed by atoms with E-state index in [1.807, 2.05) is 30.3 Å². The standard InChI is InChI=1S/C24H17ClFN3O3/c25-20-21(24(32)29(23(20)31)19-12-8-17(26)9-13-19)28-18-10-6-16(7-11-18)22(30)27-14-15-4-2-1-3-5-15/h1-13,28H,14H2,(H,27,30). The van der Waals surface area contributed by atoms with Gasteiger partial charge in [0.25, 0.3) is 17.7 Å². The van der Waals surface area contributed by atoms with Crippen LogP contribution in [0.1, 0.15) is 15.9 Å². The summed E-state index contributed by atoms with van der Waals surface area (Å²) in [6.45, 7) is 0.401. The molecule has 0 atom stereocenters. The van der Waals surface area contributed by atoms with Crippen molar-refractivity contribution in [2.24, 2.45) is 0 Å². The van der Waals surface area contributed by atoms with Crippen molar-refractivity contribution in [3.8, 4) is 0 Å². The first-order valence-corrected chi connectivity index (χ1v) is 10.0. The van der Waals surface area contributed by atoms with Crippen LogP contribution in [0.4, 0.5) is 15.8 Å². The summed E-state index contributed by atoms with van der Waals surface area (Å²) in [6, 6.07) is 20.9. The van der Waals surface area contributed by atoms with E-state index in [0.29, 0.717) is 17.8 Å². The summed E-state index contributed by atoms with van der Waals surface area (Å²) in [6.07, 6.45) is 0. The number of nitrogens with one attached hydrogen (secondary N) is 2. The zero-order chi connectivity index (χ0) is 22.7. The summed E-state index contributed by atoms with van der Waals surface area (Å²) in [7, 11) is 0. The van der Waals surface area contributed by atoms with Crippen molar-refractivity contribution in [2.75, 3.05) is 10.2 Å². The Balaban J connectivity index is 1.43. The first-order chi connectivity index (χ1) is 15.4. The number of anilines is 2. The zero-order valence-corrected chi connectivity index (χ0v) is 17.4. The Morgan fingerprint density at radius 3 is 2.19 bits per heavy atom. The van der Waals surface area contributed by atoms with Gasteiger partial charge in [-0.05, 0) is 54.1 Å². The molecule has 0 aromatic heterocycles. The summed E-state index contributed by atoms with van der Waals surface area (Å²) >= 11 is 6.10. The van der Waals surface area contributed by atoms with Gasteiger partial charge in [0.05, 0.1) is 5.69 Å². The lowest BCUT2D eigenvalue weighted by atomic mass is 10.1. The molecule has 32 heavy (non-hydrogen) atoms. The molecule has 3 amide bonds. The van der Waals surface area contributed by atoms with E-state index in [9.17, 15) is 18.8 Å². The molecule has 0 spiro atoms. The number of hydrogen-bond donors (Lipinski definition) is 2. The fraction of sp³-hybridized carbons (Fsp3) is 0.0417. The van der Waals surface area contributed by atoms with Crippen molar-refractivity contribution >= 4 is 40.7 Å². The summed E-state index contributed by atoms with van der Waals surface area (Å²) in [5.74, 6) is -2.09. The van der Waals surface area contributed by atoms with Crippen molar-refractivity contribution in [3.63, 3.8) is 0 Å². The maximum atomic E-state index is 13.2. The van der Waals surface area contributed by atoms with Crippen molar-refractivity contribution in [1.29, 1.82) is 0 Å². The number of nitrogens with zero attached hydrogens (tertiary/aromatic N) is 1. The first-order valence-electron chi connectivity index (χ1n) is 9.67. The van der Waals surface area contributed by atoms with E-state index in [1.54, 1.807) is 24.3 Å². The summed E-state index contributed by atoms with van der Waals surface area (Å²) in [5.41, 5.74) is 2.01. The Labute approximate surface area is 188 Å². The van der Waals surface area contributed by atoms with Crippen molar-refractivity contribution in [3.05, 3.63) is 107 Å². The van der Waals surface area contributed by atoms with Gasteiger partial charge in [0.1, 0.15) is 16.5 Å². The van der Waals surface area contributed by atoms with E-state index >= 15 is 0 Å². The summed E-state index contributed by atoms with van der Waals surface area (Å²) < 4.78 is 13.2. The van der Waals surface area contributed by atoms with Crippen LogP contribution >= 0.6 is 11.6 Å². The number of amides is 3. The van der Waals surface area contributed by atoms with Gasteiger partial charge in [-0.15, -0.1) is 0 Å². The van der Waals surface area contributed by atoms with Crippen molar-refractivity contribution in [2.45, 2.75) is 6.54 Å². The van der Waals surface area contributed by atoms with Crippen LogP contribution in [0.3, 0.4) is 0 Å². The smallest absolute Gasteiger partial charge is 0.283 e. The lowest BCUT2D eigenvalue weighted by molar-refractivity contribution is -0.120. The van der Waals surface area contributed by atoms with Crippen LogP contribution in [0.2, 0.25) is 0 Å². The summed E-state index contributed by atoms with van der Waals surface area (Å²) in [5, 5.41) is 5.40. The third-order valence-corrected chi connectivity index (χ3v) is 5.18. The second-order valence-corrected chi connectivity index (χ2v) is 7.36. The third kappa shape index (κ3) is 4.38. The highest BCUT2D eigenvalue weighted by Gasteiger charge is 2.38. The lowest BCUT2D eigenvalue weighted by Crippen LogP contribution is -2.32. The highest BCUT2D eigenvalue weighted by molar-refractivity contribution is 6.53. The molecular formula is C24H17ClFN3O3. The number of rotatable bonds is 6. The molecule has 1 aliphatic rings. The van der Waals surface area contributed by atoms with Crippen molar-refractivity contribution in [1.82, 2.24) is 5.32 Å². The molecule has 0 saturated carbocycles. The molecule has 0 radical (unpaired) electrons. The number of imide groups is 1. The quantitative estimate of drug-likeness (QED) is 0.553. The van der Waals surface area contributed by atoms with Gasteiger partial charge in [0.15, 0.2) is 0 Å². The highest BCUT2D eigenvalue weighted by atomic mass is 35.5. The number of hydrogen-bond acceptors (Lipinski definition) is 4. The molecule has 4 rings (SSSR count). The van der Waals surface area contributed by atoms with E-state index < -0.39 is 17.6 Å². The highest BCUT2D eigenvalue weighted by Crippen LogP contribution is 2.30. The fourth-order valence-electron chi connectivity index (χ4n) is 3.17. The van der Waals surface area contributed by atoms with Gasteiger partial charge in [0.2, 0.25) is 0 Å². The average Bonchev–Trinajstić information content (AvgIpc) is 3.02. The minimum atomic E-state index is -0.706. The van der Waals surface area contributed by atoms with E-state index in [0.717, 1.165) is 22.6 Å². The minimum absolute atomic E-state index is 0.0951. The minimum Gasteiger partial charge on any atom is -0.350 e. The Kier molecular flexibility index (Phi) is 6.00. The number of benzene rings is 3. The van der Waals surface area contributed by atoms with Crippen LogP contribution in [0.15, 0.2) is 89.6 Å². The Morgan fingerprint density at radius 2 is 1.53 bits per heavy atom. The maximum absolute atomic E-state index is 13.2. The Morgan fingerprint density at radius 1 is 0.875 bits per heavy atom. The number of halogens is 2. The van der Waals surface area contributed by atoms with E-state index in [-0.39, 0.29) is 22.3 Å². The Hall–Kier alpha value is -3.97. The van der Waals surface area contributed by atoms with E-state index in [1.165, 1.54) is 12.1 Å². The monoisotopic (exact) mass is 449 g/mol. The fourth-order valence-corrected chi connectivity index (χ4v) is 3.38. The maximum Gasteiger partial charge on any atom is 0.283 e. The molecule has 0 saturated heterocycles. The normalized spacial score (nSPS) is 13.5. The molecule has 0 aliphatic carbocycles. The molecule has 0 fully saturated rings. The van der Waals surface area contributed by atoms with Gasteiger partial charge in [0, 0.05) is 17.8 Å². The molecule has 3 aromatic carbocycles. The number of carbonyl (C=O) groups excluding carboxylic acids is 3. The van der Waals surface area contributed by atoms with Crippen LogP contribution in [-0.2, 0) is 16.1 Å². The zero-order valence-electron chi connectivity index (χ0n) is 16.6. The second-order valence-electron chi connectivity index (χ2n) is 6.98. The van der Waals surface area contributed by atoms with E-state index in [2.05, 4.69) is 10.6 Å². The van der Waals surface area contributed by atoms with Gasteiger partial charge in [-0.1, -0.05) is 41.9 Å². The van der Waals surface area contributed by atoms with Gasteiger partial charge in [-0.3, -0.25) is 14.4 Å². The second kappa shape index (κ2) is 9.03. The molecular weight excluding hydrogens is 433 g/mol. The molecule has 0 unspecified atom stereocenters. The molecule has 1 aliphatic heterocycles.